The lowest BCUT2D eigenvalue weighted by molar-refractivity contribution is 0.328. The van der Waals surface area contributed by atoms with E-state index in [4.69, 9.17) is 4.74 Å². The second-order valence-electron chi connectivity index (χ2n) is 5.81. The van der Waals surface area contributed by atoms with Crippen molar-refractivity contribution in [3.8, 4) is 5.88 Å². The van der Waals surface area contributed by atoms with Crippen molar-refractivity contribution in [3.05, 3.63) is 63.6 Å². The van der Waals surface area contributed by atoms with Gasteiger partial charge in [0.05, 0.1) is 17.8 Å². The van der Waals surface area contributed by atoms with E-state index in [0.717, 1.165) is 22.2 Å². The smallest absolute Gasteiger partial charge is 0.253 e. The molecule has 0 saturated carbocycles. The molecule has 0 amide bonds. The van der Waals surface area contributed by atoms with E-state index in [1.54, 1.807) is 6.20 Å². The van der Waals surface area contributed by atoms with Crippen molar-refractivity contribution in [3.63, 3.8) is 0 Å². The quantitative estimate of drug-likeness (QED) is 0.753. The van der Waals surface area contributed by atoms with Gasteiger partial charge in [-0.25, -0.2) is 4.98 Å². The SMILES string of the molecule is CCOc1ncccc1NCc1cc2cc(C)cc(C)c2[nH]c1=O. The van der Waals surface area contributed by atoms with Crippen molar-refractivity contribution in [1.29, 1.82) is 0 Å². The molecule has 0 bridgehead atoms. The third kappa shape index (κ3) is 3.25. The van der Waals surface area contributed by atoms with Crippen molar-refractivity contribution in [1.82, 2.24) is 9.97 Å². The van der Waals surface area contributed by atoms with E-state index in [0.29, 0.717) is 24.6 Å². The van der Waals surface area contributed by atoms with Gasteiger partial charge in [0.15, 0.2) is 0 Å². The molecule has 0 atom stereocenters. The number of pyridine rings is 2. The number of hydrogen-bond acceptors (Lipinski definition) is 4. The normalized spacial score (nSPS) is 10.8. The summed E-state index contributed by atoms with van der Waals surface area (Å²) in [6.07, 6.45) is 1.69. The lowest BCUT2D eigenvalue weighted by Crippen LogP contribution is -2.16. The first-order valence-electron chi connectivity index (χ1n) is 8.03. The monoisotopic (exact) mass is 323 g/mol. The second kappa shape index (κ2) is 6.74. The van der Waals surface area contributed by atoms with Gasteiger partial charge in [-0.3, -0.25) is 4.79 Å². The number of H-pyrrole nitrogens is 1. The van der Waals surface area contributed by atoms with Crippen LogP contribution >= 0.6 is 0 Å². The Morgan fingerprint density at radius 3 is 2.88 bits per heavy atom. The van der Waals surface area contributed by atoms with Crippen molar-refractivity contribution in [2.45, 2.75) is 27.3 Å². The lowest BCUT2D eigenvalue weighted by Gasteiger charge is -2.11. The zero-order valence-electron chi connectivity index (χ0n) is 14.1. The summed E-state index contributed by atoms with van der Waals surface area (Å²) >= 11 is 0. The number of nitrogens with zero attached hydrogens (tertiary/aromatic N) is 1. The topological polar surface area (TPSA) is 67.0 Å². The van der Waals surface area contributed by atoms with E-state index in [1.165, 1.54) is 5.56 Å². The molecule has 0 fully saturated rings. The van der Waals surface area contributed by atoms with E-state index in [1.807, 2.05) is 32.0 Å². The number of rotatable bonds is 5. The van der Waals surface area contributed by atoms with E-state index in [2.05, 4.69) is 34.3 Å². The molecule has 2 heterocycles. The van der Waals surface area contributed by atoms with Crippen LogP contribution in [0.3, 0.4) is 0 Å². The van der Waals surface area contributed by atoms with Crippen LogP contribution in [0.4, 0.5) is 5.69 Å². The molecule has 0 radical (unpaired) electrons. The highest BCUT2D eigenvalue weighted by Crippen LogP contribution is 2.22. The van der Waals surface area contributed by atoms with Crippen LogP contribution in [0.15, 0.2) is 41.3 Å². The van der Waals surface area contributed by atoms with Gasteiger partial charge in [-0.2, -0.15) is 0 Å². The number of hydrogen-bond donors (Lipinski definition) is 2. The Morgan fingerprint density at radius 1 is 1.25 bits per heavy atom. The van der Waals surface area contributed by atoms with Gasteiger partial charge in [0.25, 0.3) is 5.56 Å². The average molecular weight is 323 g/mol. The summed E-state index contributed by atoms with van der Waals surface area (Å²) in [7, 11) is 0. The van der Waals surface area contributed by atoms with E-state index < -0.39 is 0 Å². The third-order valence-electron chi connectivity index (χ3n) is 3.89. The van der Waals surface area contributed by atoms with E-state index >= 15 is 0 Å². The summed E-state index contributed by atoms with van der Waals surface area (Å²) in [6, 6.07) is 9.82. The van der Waals surface area contributed by atoms with Crippen LogP contribution in [-0.2, 0) is 6.54 Å². The predicted octanol–water partition coefficient (Wildman–Crippen LogP) is 3.55. The zero-order valence-corrected chi connectivity index (χ0v) is 14.1. The van der Waals surface area contributed by atoms with Gasteiger partial charge in [-0.1, -0.05) is 11.6 Å². The van der Waals surface area contributed by atoms with Gasteiger partial charge >= 0.3 is 0 Å². The lowest BCUT2D eigenvalue weighted by atomic mass is 10.1. The van der Waals surface area contributed by atoms with Gasteiger partial charge in [-0.15, -0.1) is 0 Å². The fourth-order valence-electron chi connectivity index (χ4n) is 2.83. The van der Waals surface area contributed by atoms with Gasteiger partial charge in [0.1, 0.15) is 0 Å². The molecule has 24 heavy (non-hydrogen) atoms. The van der Waals surface area contributed by atoms with Crippen LogP contribution in [0.5, 0.6) is 5.88 Å². The molecule has 0 aliphatic carbocycles. The number of anilines is 1. The van der Waals surface area contributed by atoms with Crippen LogP contribution in [0.25, 0.3) is 10.9 Å². The van der Waals surface area contributed by atoms with Crippen molar-refractivity contribution >= 4 is 16.6 Å². The Kier molecular flexibility index (Phi) is 4.51. The van der Waals surface area contributed by atoms with Crippen LogP contribution in [0.2, 0.25) is 0 Å². The molecule has 0 aliphatic heterocycles. The first-order valence-corrected chi connectivity index (χ1v) is 8.03. The summed E-state index contributed by atoms with van der Waals surface area (Å²) in [4.78, 5) is 19.6. The number of aromatic nitrogens is 2. The number of benzene rings is 1. The highest BCUT2D eigenvalue weighted by atomic mass is 16.5. The fraction of sp³-hybridized carbons (Fsp3) is 0.263. The average Bonchev–Trinajstić information content (AvgIpc) is 2.55. The molecule has 5 heteroatoms. The number of fused-ring (bicyclic) bond motifs is 1. The van der Waals surface area contributed by atoms with Crippen molar-refractivity contribution in [2.75, 3.05) is 11.9 Å². The second-order valence-corrected chi connectivity index (χ2v) is 5.81. The molecular weight excluding hydrogens is 302 g/mol. The Labute approximate surface area is 140 Å². The summed E-state index contributed by atoms with van der Waals surface area (Å²) in [5.74, 6) is 0.545. The summed E-state index contributed by atoms with van der Waals surface area (Å²) in [5, 5.41) is 4.28. The summed E-state index contributed by atoms with van der Waals surface area (Å²) < 4.78 is 5.50. The van der Waals surface area contributed by atoms with Crippen molar-refractivity contribution in [2.24, 2.45) is 0 Å². The third-order valence-corrected chi connectivity index (χ3v) is 3.89. The zero-order chi connectivity index (χ0) is 17.1. The molecule has 3 aromatic rings. The molecule has 5 nitrogen and oxygen atoms in total. The van der Waals surface area contributed by atoms with Crippen LogP contribution in [-0.4, -0.2) is 16.6 Å². The molecule has 2 aromatic heterocycles. The maximum Gasteiger partial charge on any atom is 0.253 e. The number of ether oxygens (including phenoxy) is 1. The Balaban J connectivity index is 1.91. The molecule has 0 unspecified atom stereocenters. The molecule has 0 spiro atoms. The van der Waals surface area contributed by atoms with Gasteiger partial charge < -0.3 is 15.0 Å². The first-order chi connectivity index (χ1) is 11.6. The first kappa shape index (κ1) is 16.1. The minimum absolute atomic E-state index is 0.0798. The fourth-order valence-corrected chi connectivity index (χ4v) is 2.83. The largest absolute Gasteiger partial charge is 0.476 e. The van der Waals surface area contributed by atoms with Crippen molar-refractivity contribution < 1.29 is 4.74 Å². The van der Waals surface area contributed by atoms with Crippen LogP contribution in [0, 0.1) is 13.8 Å². The minimum Gasteiger partial charge on any atom is -0.476 e. The Bertz CT molecular complexity index is 932. The van der Waals surface area contributed by atoms with E-state index in [9.17, 15) is 4.79 Å². The van der Waals surface area contributed by atoms with Gasteiger partial charge in [0, 0.05) is 18.3 Å². The standard InChI is InChI=1S/C19H21N3O2/c1-4-24-19-16(6-5-7-20-19)21-11-15-10-14-9-12(2)8-13(3)17(14)22-18(15)23/h5-10,21H,4,11H2,1-3H3,(H,22,23). The van der Waals surface area contributed by atoms with Crippen LogP contribution < -0.4 is 15.6 Å². The van der Waals surface area contributed by atoms with E-state index in [-0.39, 0.29) is 5.56 Å². The van der Waals surface area contributed by atoms with Gasteiger partial charge in [-0.05, 0) is 56.0 Å². The van der Waals surface area contributed by atoms with Gasteiger partial charge in [0.2, 0.25) is 5.88 Å². The molecule has 3 rings (SSSR count). The maximum absolute atomic E-state index is 12.4. The Hall–Kier alpha value is -2.82. The predicted molar refractivity (Wildman–Crippen MR) is 96.8 cm³/mol. The molecule has 0 saturated heterocycles. The molecule has 0 aliphatic rings. The highest BCUT2D eigenvalue weighted by molar-refractivity contribution is 5.82. The minimum atomic E-state index is -0.0798. The molecule has 1 aromatic carbocycles. The van der Waals surface area contributed by atoms with Crippen LogP contribution in [0.1, 0.15) is 23.6 Å². The number of aryl methyl sites for hydroxylation is 2. The Morgan fingerprint density at radius 2 is 2.08 bits per heavy atom. The highest BCUT2D eigenvalue weighted by Gasteiger charge is 2.08. The molecule has 2 N–H and O–H groups in total. The summed E-state index contributed by atoms with van der Waals surface area (Å²) in [5.41, 5.74) is 4.52. The summed E-state index contributed by atoms with van der Waals surface area (Å²) in [6.45, 7) is 6.93. The molecule has 124 valence electrons. The number of aromatic amines is 1. The number of nitrogens with one attached hydrogen (secondary N) is 2. The maximum atomic E-state index is 12.4. The molecular formula is C19H21N3O2.